The molecule has 1 amide bonds. The van der Waals surface area contributed by atoms with E-state index in [0.29, 0.717) is 13.0 Å². The molecule has 1 aromatic carbocycles. The number of benzene rings is 1. The molecule has 0 aliphatic heterocycles. The van der Waals surface area contributed by atoms with Crippen molar-refractivity contribution in [3.8, 4) is 0 Å². The lowest BCUT2D eigenvalue weighted by atomic mass is 10.0. The third-order valence-electron chi connectivity index (χ3n) is 3.24. The Labute approximate surface area is 138 Å². The van der Waals surface area contributed by atoms with Crippen LogP contribution in [-0.2, 0) is 20.9 Å². The fourth-order valence-corrected chi connectivity index (χ4v) is 2.01. The maximum atomic E-state index is 12.1. The minimum absolute atomic E-state index is 0.173. The number of rotatable bonds is 9. The molecule has 1 atom stereocenters. The summed E-state index contributed by atoms with van der Waals surface area (Å²) in [5.41, 5.74) is 0.897. The topological polar surface area (TPSA) is 64.6 Å². The Morgan fingerprint density at radius 2 is 1.83 bits per heavy atom. The molecule has 0 saturated heterocycles. The summed E-state index contributed by atoms with van der Waals surface area (Å²) in [5.74, 6) is -0.142. The van der Waals surface area contributed by atoms with Gasteiger partial charge in [-0.3, -0.25) is 0 Å². The van der Waals surface area contributed by atoms with E-state index in [1.165, 1.54) is 0 Å². The summed E-state index contributed by atoms with van der Waals surface area (Å²) in [6, 6.07) is 8.73. The largest absolute Gasteiger partial charge is 0.464 e. The predicted octanol–water partition coefficient (Wildman–Crippen LogP) is 3.67. The van der Waals surface area contributed by atoms with Gasteiger partial charge in [-0.05, 0) is 24.3 Å². The predicted molar refractivity (Wildman–Crippen MR) is 88.9 cm³/mol. The third-order valence-corrected chi connectivity index (χ3v) is 3.24. The van der Waals surface area contributed by atoms with E-state index in [4.69, 9.17) is 9.47 Å². The first-order chi connectivity index (χ1) is 11.0. The van der Waals surface area contributed by atoms with Crippen LogP contribution >= 0.6 is 0 Å². The smallest absolute Gasteiger partial charge is 0.408 e. The maximum absolute atomic E-state index is 12.1. The van der Waals surface area contributed by atoms with Gasteiger partial charge in [0.05, 0.1) is 6.61 Å². The summed E-state index contributed by atoms with van der Waals surface area (Å²) in [6.45, 7) is 6.56. The molecule has 0 aromatic heterocycles. The van der Waals surface area contributed by atoms with E-state index in [1.54, 1.807) is 0 Å². The van der Waals surface area contributed by atoms with Crippen LogP contribution in [0.5, 0.6) is 0 Å². The van der Waals surface area contributed by atoms with Crippen molar-refractivity contribution < 1.29 is 19.1 Å². The van der Waals surface area contributed by atoms with Gasteiger partial charge < -0.3 is 14.8 Å². The Morgan fingerprint density at radius 1 is 1.13 bits per heavy atom. The van der Waals surface area contributed by atoms with E-state index in [-0.39, 0.29) is 12.5 Å². The first-order valence-corrected chi connectivity index (χ1v) is 8.16. The van der Waals surface area contributed by atoms with Gasteiger partial charge in [-0.15, -0.1) is 0 Å². The average molecular weight is 321 g/mol. The SMILES string of the molecule is CCCCOC(=O)[C@H](CC(C)C)NC(=O)OCc1ccccc1. The van der Waals surface area contributed by atoms with Gasteiger partial charge in [0.2, 0.25) is 0 Å². The number of unbranched alkanes of at least 4 members (excludes halogenated alkanes) is 1. The van der Waals surface area contributed by atoms with Gasteiger partial charge in [0.25, 0.3) is 0 Å². The number of carbonyl (C=O) groups is 2. The normalized spacial score (nSPS) is 11.8. The van der Waals surface area contributed by atoms with Crippen LogP contribution in [0.25, 0.3) is 0 Å². The van der Waals surface area contributed by atoms with Crippen molar-refractivity contribution in [1.82, 2.24) is 5.32 Å². The van der Waals surface area contributed by atoms with Crippen LogP contribution in [-0.4, -0.2) is 24.7 Å². The second-order valence-corrected chi connectivity index (χ2v) is 5.91. The third kappa shape index (κ3) is 8.24. The molecular formula is C18H27NO4. The van der Waals surface area contributed by atoms with Gasteiger partial charge in [0.1, 0.15) is 12.6 Å². The minimum atomic E-state index is -0.671. The van der Waals surface area contributed by atoms with Crippen molar-refractivity contribution in [1.29, 1.82) is 0 Å². The highest BCUT2D eigenvalue weighted by molar-refractivity contribution is 5.81. The second kappa shape index (κ2) is 10.6. The monoisotopic (exact) mass is 321 g/mol. The highest BCUT2D eigenvalue weighted by atomic mass is 16.6. The first kappa shape index (κ1) is 19.0. The molecule has 23 heavy (non-hydrogen) atoms. The van der Waals surface area contributed by atoms with Crippen molar-refractivity contribution in [2.24, 2.45) is 5.92 Å². The lowest BCUT2D eigenvalue weighted by Gasteiger charge is -2.19. The molecule has 1 aromatic rings. The molecule has 0 fully saturated rings. The van der Waals surface area contributed by atoms with Crippen LogP contribution < -0.4 is 5.32 Å². The molecule has 1 N–H and O–H groups in total. The van der Waals surface area contributed by atoms with Crippen molar-refractivity contribution in [2.75, 3.05) is 6.61 Å². The molecule has 1 rings (SSSR count). The number of esters is 1. The highest BCUT2D eigenvalue weighted by Crippen LogP contribution is 2.08. The van der Waals surface area contributed by atoms with Crippen LogP contribution in [0.3, 0.4) is 0 Å². The molecule has 0 radical (unpaired) electrons. The molecule has 0 unspecified atom stereocenters. The molecular weight excluding hydrogens is 294 g/mol. The summed E-state index contributed by atoms with van der Waals surface area (Å²) < 4.78 is 10.4. The summed E-state index contributed by atoms with van der Waals surface area (Å²) in [6.07, 6.45) is 1.69. The molecule has 128 valence electrons. The Morgan fingerprint density at radius 3 is 2.43 bits per heavy atom. The van der Waals surface area contributed by atoms with Crippen LogP contribution in [0.4, 0.5) is 4.79 Å². The fourth-order valence-electron chi connectivity index (χ4n) is 2.01. The standard InChI is InChI=1S/C18H27NO4/c1-4-5-11-22-17(20)16(12-14(2)3)19-18(21)23-13-15-9-7-6-8-10-15/h6-10,14,16H,4-5,11-13H2,1-3H3,(H,19,21)/t16-/m0/s1. The lowest BCUT2D eigenvalue weighted by molar-refractivity contribution is -0.146. The summed E-state index contributed by atoms with van der Waals surface area (Å²) in [7, 11) is 0. The number of hydrogen-bond donors (Lipinski definition) is 1. The zero-order chi connectivity index (χ0) is 17.1. The van der Waals surface area contributed by atoms with E-state index in [1.807, 2.05) is 51.1 Å². The van der Waals surface area contributed by atoms with Crippen molar-refractivity contribution in [2.45, 2.75) is 52.7 Å². The van der Waals surface area contributed by atoms with Gasteiger partial charge >= 0.3 is 12.1 Å². The molecule has 0 heterocycles. The Bertz CT molecular complexity index is 473. The zero-order valence-corrected chi connectivity index (χ0v) is 14.2. The number of ether oxygens (including phenoxy) is 2. The Kier molecular flexibility index (Phi) is 8.80. The van der Waals surface area contributed by atoms with Crippen LogP contribution in [0.1, 0.15) is 45.6 Å². The van der Waals surface area contributed by atoms with Gasteiger partial charge in [-0.2, -0.15) is 0 Å². The molecule has 5 heteroatoms. The Hall–Kier alpha value is -2.04. The molecule has 0 saturated carbocycles. The van der Waals surface area contributed by atoms with Crippen molar-refractivity contribution in [3.63, 3.8) is 0 Å². The molecule has 0 aliphatic rings. The number of carbonyl (C=O) groups excluding carboxylic acids is 2. The summed E-state index contributed by atoms with van der Waals surface area (Å²) in [4.78, 5) is 24.0. The van der Waals surface area contributed by atoms with E-state index >= 15 is 0 Å². The number of alkyl carbamates (subject to hydrolysis) is 1. The molecule has 0 aliphatic carbocycles. The van der Waals surface area contributed by atoms with Gasteiger partial charge in [-0.1, -0.05) is 57.5 Å². The van der Waals surface area contributed by atoms with Crippen LogP contribution in [0.15, 0.2) is 30.3 Å². The van der Waals surface area contributed by atoms with Gasteiger partial charge in [-0.25, -0.2) is 9.59 Å². The number of amides is 1. The van der Waals surface area contributed by atoms with Crippen molar-refractivity contribution in [3.05, 3.63) is 35.9 Å². The van der Waals surface area contributed by atoms with E-state index < -0.39 is 18.1 Å². The second-order valence-electron chi connectivity index (χ2n) is 5.91. The molecule has 0 bridgehead atoms. The van der Waals surface area contributed by atoms with E-state index in [9.17, 15) is 9.59 Å². The van der Waals surface area contributed by atoms with Gasteiger partial charge in [0, 0.05) is 0 Å². The van der Waals surface area contributed by atoms with E-state index in [2.05, 4.69) is 5.32 Å². The summed E-state index contributed by atoms with van der Waals surface area (Å²) in [5, 5.41) is 2.61. The fraction of sp³-hybridized carbons (Fsp3) is 0.556. The maximum Gasteiger partial charge on any atom is 0.408 e. The lowest BCUT2D eigenvalue weighted by Crippen LogP contribution is -2.43. The first-order valence-electron chi connectivity index (χ1n) is 8.16. The Balaban J connectivity index is 2.47. The summed E-state index contributed by atoms with van der Waals surface area (Å²) >= 11 is 0. The highest BCUT2D eigenvalue weighted by Gasteiger charge is 2.24. The minimum Gasteiger partial charge on any atom is -0.464 e. The van der Waals surface area contributed by atoms with Gasteiger partial charge in [0.15, 0.2) is 0 Å². The quantitative estimate of drug-likeness (QED) is 0.557. The van der Waals surface area contributed by atoms with Crippen LogP contribution in [0.2, 0.25) is 0 Å². The average Bonchev–Trinajstić information content (AvgIpc) is 2.53. The number of nitrogens with one attached hydrogen (secondary N) is 1. The van der Waals surface area contributed by atoms with E-state index in [0.717, 1.165) is 18.4 Å². The van der Waals surface area contributed by atoms with Crippen molar-refractivity contribution >= 4 is 12.1 Å². The molecule has 0 spiro atoms. The van der Waals surface area contributed by atoms with Crippen LogP contribution in [0, 0.1) is 5.92 Å². The number of hydrogen-bond acceptors (Lipinski definition) is 4. The molecule has 5 nitrogen and oxygen atoms in total. The zero-order valence-electron chi connectivity index (χ0n) is 14.2.